The molecule has 3 unspecified atom stereocenters. The van der Waals surface area contributed by atoms with Gasteiger partial charge in [0, 0.05) is 24.8 Å². The zero-order valence-corrected chi connectivity index (χ0v) is 18.4. The van der Waals surface area contributed by atoms with Gasteiger partial charge in [0.15, 0.2) is 5.54 Å². The topological polar surface area (TPSA) is 99.9 Å². The number of hydrogen-bond donors (Lipinski definition) is 2. The largest absolute Gasteiger partial charge is 0.465 e. The number of hydrogen-bond acceptors (Lipinski definition) is 6. The molecule has 182 valence electrons. The van der Waals surface area contributed by atoms with Crippen LogP contribution in [0.4, 0.5) is 35.4 Å². The van der Waals surface area contributed by atoms with Crippen molar-refractivity contribution in [1.29, 1.82) is 0 Å². The van der Waals surface area contributed by atoms with Crippen LogP contribution in [0.5, 0.6) is 0 Å². The summed E-state index contributed by atoms with van der Waals surface area (Å²) in [5.41, 5.74) is -1.70. The van der Waals surface area contributed by atoms with E-state index in [2.05, 4.69) is 10.3 Å². The Morgan fingerprint density at radius 1 is 1.32 bits per heavy atom. The van der Waals surface area contributed by atoms with Gasteiger partial charge in [-0.15, -0.1) is 0 Å². The van der Waals surface area contributed by atoms with Crippen molar-refractivity contribution in [2.45, 2.75) is 50.2 Å². The Morgan fingerprint density at radius 2 is 2.06 bits per heavy atom. The molecule has 34 heavy (non-hydrogen) atoms. The van der Waals surface area contributed by atoms with Gasteiger partial charge in [0.2, 0.25) is 5.95 Å². The van der Waals surface area contributed by atoms with Crippen LogP contribution in [0.1, 0.15) is 18.9 Å². The van der Waals surface area contributed by atoms with Crippen LogP contribution in [0.15, 0.2) is 35.1 Å². The summed E-state index contributed by atoms with van der Waals surface area (Å²) in [6.45, 7) is 1.61. The number of rotatable bonds is 5. The fourth-order valence-electron chi connectivity index (χ4n) is 4.99. The van der Waals surface area contributed by atoms with Crippen LogP contribution in [-0.2, 0) is 17.7 Å². The van der Waals surface area contributed by atoms with Gasteiger partial charge >= 0.3 is 12.3 Å². The predicted octanol–water partition coefficient (Wildman–Crippen LogP) is 2.69. The first kappa shape index (κ1) is 22.5. The number of nitrogens with one attached hydrogen (secondary N) is 1. The van der Waals surface area contributed by atoms with E-state index >= 15 is 0 Å². The van der Waals surface area contributed by atoms with E-state index in [1.807, 2.05) is 4.90 Å². The Bertz CT molecular complexity index is 1170. The van der Waals surface area contributed by atoms with Crippen LogP contribution in [0.2, 0.25) is 0 Å². The number of fused-ring (bicyclic) bond motifs is 3. The molecule has 4 heterocycles. The van der Waals surface area contributed by atoms with Gasteiger partial charge in [-0.1, -0.05) is 12.1 Å². The lowest BCUT2D eigenvalue weighted by molar-refractivity contribution is -0.182. The smallest absolute Gasteiger partial charge is 0.413 e. The Kier molecular flexibility index (Phi) is 5.23. The molecule has 0 aliphatic carbocycles. The quantitative estimate of drug-likeness (QED) is 0.680. The molecule has 3 aliphatic heterocycles. The van der Waals surface area contributed by atoms with Gasteiger partial charge in [0.05, 0.1) is 25.3 Å². The van der Waals surface area contributed by atoms with Crippen molar-refractivity contribution in [3.63, 3.8) is 0 Å². The molecule has 12 heteroatoms. The summed E-state index contributed by atoms with van der Waals surface area (Å²) in [5.74, 6) is 0.391. The van der Waals surface area contributed by atoms with Crippen LogP contribution in [0, 0.1) is 0 Å². The molecule has 0 radical (unpaired) electrons. The highest BCUT2D eigenvalue weighted by atomic mass is 19.4. The number of anilines is 3. The second-order valence-electron chi connectivity index (χ2n) is 9.14. The van der Waals surface area contributed by atoms with Crippen molar-refractivity contribution in [2.75, 3.05) is 34.8 Å². The Labute approximate surface area is 192 Å². The Morgan fingerprint density at radius 3 is 2.65 bits per heavy atom. The van der Waals surface area contributed by atoms with E-state index in [1.165, 1.54) is 11.0 Å². The van der Waals surface area contributed by atoms with Gasteiger partial charge < -0.3 is 19.6 Å². The highest BCUT2D eigenvalue weighted by Crippen LogP contribution is 2.43. The third kappa shape index (κ3) is 3.75. The number of nitrogens with zero attached hydrogens (tertiary/aromatic N) is 4. The monoisotopic (exact) mass is 479 g/mol. The third-order valence-corrected chi connectivity index (χ3v) is 6.91. The van der Waals surface area contributed by atoms with Gasteiger partial charge in [0.25, 0.3) is 5.56 Å². The summed E-state index contributed by atoms with van der Waals surface area (Å²) < 4.78 is 49.4. The maximum Gasteiger partial charge on any atom is 0.413 e. The minimum Gasteiger partial charge on any atom is -0.465 e. The molecule has 2 bridgehead atoms. The molecule has 2 aromatic rings. The molecule has 1 amide bonds. The van der Waals surface area contributed by atoms with Gasteiger partial charge in [-0.2, -0.15) is 18.2 Å². The summed E-state index contributed by atoms with van der Waals surface area (Å²) in [4.78, 5) is 31.3. The molecule has 3 aliphatic rings. The van der Waals surface area contributed by atoms with Crippen molar-refractivity contribution in [3.05, 3.63) is 46.2 Å². The van der Waals surface area contributed by atoms with E-state index in [4.69, 9.17) is 9.84 Å². The standard InChI is InChI=1S/C22H24F3N5O4/c1-21(22(23,24)25)12-29-18(31)9-17(28-10-16-8-15(28)11-34-16)27-19(29)30(21)7-6-13-2-4-14(5-3-13)26-20(32)33/h2-5,9,15-16,26H,6-8,10-12H2,1H3,(H,32,33). The molecule has 2 fully saturated rings. The van der Waals surface area contributed by atoms with Gasteiger partial charge in [-0.3, -0.25) is 14.7 Å². The minimum atomic E-state index is -4.59. The second-order valence-corrected chi connectivity index (χ2v) is 9.14. The maximum atomic E-state index is 14.2. The molecule has 1 aromatic carbocycles. The van der Waals surface area contributed by atoms with Crippen LogP contribution in [-0.4, -0.2) is 64.3 Å². The molecule has 5 rings (SSSR count). The lowest BCUT2D eigenvalue weighted by atomic mass is 10.00. The third-order valence-electron chi connectivity index (χ3n) is 6.91. The van der Waals surface area contributed by atoms with E-state index in [-0.39, 0.29) is 31.1 Å². The minimum absolute atomic E-state index is 0.00943. The average molecular weight is 479 g/mol. The van der Waals surface area contributed by atoms with E-state index in [9.17, 15) is 22.8 Å². The van der Waals surface area contributed by atoms with E-state index in [1.54, 1.807) is 24.3 Å². The summed E-state index contributed by atoms with van der Waals surface area (Å²) in [5, 5.41) is 11.0. The summed E-state index contributed by atoms with van der Waals surface area (Å²) in [6, 6.07) is 7.81. The van der Waals surface area contributed by atoms with Crippen molar-refractivity contribution in [2.24, 2.45) is 0 Å². The number of carboxylic acid groups (broad SMARTS) is 1. The molecule has 2 saturated heterocycles. The number of amides is 1. The molecule has 3 atom stereocenters. The second kappa shape index (κ2) is 7.90. The van der Waals surface area contributed by atoms with Crippen molar-refractivity contribution >= 4 is 23.5 Å². The van der Waals surface area contributed by atoms with Gasteiger partial charge in [-0.25, -0.2) is 4.79 Å². The molecule has 2 N–H and O–H groups in total. The van der Waals surface area contributed by atoms with E-state index in [0.29, 0.717) is 24.7 Å². The lowest BCUT2D eigenvalue weighted by Gasteiger charge is -2.37. The lowest BCUT2D eigenvalue weighted by Crippen LogP contribution is -2.56. The zero-order valence-electron chi connectivity index (χ0n) is 18.4. The zero-order chi connectivity index (χ0) is 24.3. The SMILES string of the molecule is CC1(C(F)(F)F)Cn2c(nc(N3CC4CC3CO4)cc2=O)N1CCc1ccc(NC(=O)O)cc1. The highest BCUT2D eigenvalue weighted by Gasteiger charge is 2.59. The van der Waals surface area contributed by atoms with Crippen molar-refractivity contribution < 1.29 is 27.8 Å². The highest BCUT2D eigenvalue weighted by molar-refractivity contribution is 5.82. The van der Waals surface area contributed by atoms with Gasteiger partial charge in [-0.05, 0) is 37.5 Å². The number of ether oxygens (including phenoxy) is 1. The number of morpholine rings is 1. The van der Waals surface area contributed by atoms with E-state index in [0.717, 1.165) is 23.5 Å². The fourth-order valence-corrected chi connectivity index (χ4v) is 4.99. The molecule has 1 aromatic heterocycles. The number of carbonyl (C=O) groups is 1. The Hall–Kier alpha value is -3.28. The molecule has 0 saturated carbocycles. The van der Waals surface area contributed by atoms with Crippen LogP contribution < -0.4 is 20.7 Å². The molecule has 9 nitrogen and oxygen atoms in total. The normalized spacial score (nSPS) is 25.6. The summed E-state index contributed by atoms with van der Waals surface area (Å²) >= 11 is 0. The summed E-state index contributed by atoms with van der Waals surface area (Å²) in [7, 11) is 0. The molecule has 0 spiro atoms. The van der Waals surface area contributed by atoms with E-state index < -0.39 is 29.9 Å². The predicted molar refractivity (Wildman–Crippen MR) is 118 cm³/mol. The molecular weight excluding hydrogens is 455 g/mol. The first-order valence-corrected chi connectivity index (χ1v) is 11.0. The summed E-state index contributed by atoms with van der Waals surface area (Å²) in [6.07, 6.45) is -4.67. The first-order valence-electron chi connectivity index (χ1n) is 11.0. The van der Waals surface area contributed by atoms with Crippen molar-refractivity contribution in [3.8, 4) is 0 Å². The number of alkyl halides is 3. The van der Waals surface area contributed by atoms with Gasteiger partial charge in [0.1, 0.15) is 5.82 Å². The first-order chi connectivity index (χ1) is 16.0. The number of aromatic nitrogens is 2. The maximum absolute atomic E-state index is 14.2. The number of halogens is 3. The van der Waals surface area contributed by atoms with Crippen LogP contribution in [0.3, 0.4) is 0 Å². The number of benzene rings is 1. The Balaban J connectivity index is 1.45. The molecular formula is C22H24F3N5O4. The average Bonchev–Trinajstić information content (AvgIpc) is 3.46. The van der Waals surface area contributed by atoms with Crippen LogP contribution in [0.25, 0.3) is 0 Å². The van der Waals surface area contributed by atoms with Crippen molar-refractivity contribution in [1.82, 2.24) is 9.55 Å². The van der Waals surface area contributed by atoms with Crippen LogP contribution >= 0.6 is 0 Å². The fraction of sp³-hybridized carbons (Fsp3) is 0.500.